The van der Waals surface area contributed by atoms with E-state index in [-0.39, 0.29) is 34.1 Å². The topological polar surface area (TPSA) is 160 Å². The van der Waals surface area contributed by atoms with E-state index in [0.717, 1.165) is 6.07 Å². The summed E-state index contributed by atoms with van der Waals surface area (Å²) in [4.78, 5) is 45.0. The maximum atomic E-state index is 14.9. The van der Waals surface area contributed by atoms with Gasteiger partial charge in [0.15, 0.2) is 5.78 Å². The lowest BCUT2D eigenvalue weighted by atomic mass is 10.0. The third kappa shape index (κ3) is 5.22. The number of carbonyl (C=O) groups is 3. The second-order valence-electron chi connectivity index (χ2n) is 7.85. The third-order valence-corrected chi connectivity index (χ3v) is 5.35. The summed E-state index contributed by atoms with van der Waals surface area (Å²) in [6.45, 7) is 1.28. The molecule has 1 aliphatic carbocycles. The van der Waals surface area contributed by atoms with E-state index in [1.54, 1.807) is 0 Å². The Morgan fingerprint density at radius 2 is 1.94 bits per heavy atom. The van der Waals surface area contributed by atoms with Crippen LogP contribution in [0.3, 0.4) is 0 Å². The number of nitriles is 1. The van der Waals surface area contributed by atoms with Gasteiger partial charge < -0.3 is 15.8 Å². The van der Waals surface area contributed by atoms with Crippen molar-refractivity contribution in [2.45, 2.75) is 25.3 Å². The number of esters is 1. The van der Waals surface area contributed by atoms with Crippen molar-refractivity contribution in [3.63, 3.8) is 0 Å². The van der Waals surface area contributed by atoms with Gasteiger partial charge in [-0.1, -0.05) is 0 Å². The Labute approximate surface area is 198 Å². The molecule has 1 fully saturated rings. The fourth-order valence-electron chi connectivity index (χ4n) is 3.51. The van der Waals surface area contributed by atoms with E-state index in [4.69, 9.17) is 15.7 Å². The van der Waals surface area contributed by atoms with Gasteiger partial charge in [-0.05, 0) is 49.7 Å². The standard InChI is InChI=1S/C24H19FN6O4/c1-12(32)15-4-5-17(25)21(22(15)35-23(33)14-3-6-19(27)28-11-14)16-8-18(16)30-24(34)31-20-7-2-13(9-26)10-29-20/h2-7,10-11,16,18H,8H2,1H3,(H2,27,28)(H2,29,30,31,34)/t16-,18+/m0/s1. The molecule has 0 bridgehead atoms. The molecular formula is C24H19FN6O4. The summed E-state index contributed by atoms with van der Waals surface area (Å²) in [7, 11) is 0. The second-order valence-corrected chi connectivity index (χ2v) is 7.85. The molecule has 1 aromatic carbocycles. The molecule has 2 amide bonds. The highest BCUT2D eigenvalue weighted by Crippen LogP contribution is 2.47. The molecular weight excluding hydrogens is 455 g/mol. The van der Waals surface area contributed by atoms with Gasteiger partial charge in [0, 0.05) is 29.9 Å². The van der Waals surface area contributed by atoms with E-state index < -0.39 is 35.6 Å². The van der Waals surface area contributed by atoms with Crippen LogP contribution in [0.25, 0.3) is 0 Å². The summed E-state index contributed by atoms with van der Waals surface area (Å²) in [5.41, 5.74) is 6.02. The lowest BCUT2D eigenvalue weighted by Gasteiger charge is -2.15. The molecule has 4 rings (SSSR count). The minimum atomic E-state index is -0.832. The van der Waals surface area contributed by atoms with E-state index in [1.165, 1.54) is 49.6 Å². The molecule has 2 atom stereocenters. The van der Waals surface area contributed by atoms with Gasteiger partial charge >= 0.3 is 12.0 Å². The number of carbonyl (C=O) groups excluding carboxylic acids is 3. The molecule has 2 aromatic heterocycles. The first-order valence-corrected chi connectivity index (χ1v) is 10.5. The quantitative estimate of drug-likeness (QED) is 0.279. The number of halogens is 1. The molecule has 4 N–H and O–H groups in total. The highest BCUT2D eigenvalue weighted by atomic mass is 19.1. The number of hydrogen-bond donors (Lipinski definition) is 3. The highest BCUT2D eigenvalue weighted by molar-refractivity contribution is 5.99. The Hall–Kier alpha value is -4.85. The highest BCUT2D eigenvalue weighted by Gasteiger charge is 2.44. The number of nitrogens with zero attached hydrogens (tertiary/aromatic N) is 3. The number of nitrogens with one attached hydrogen (secondary N) is 2. The van der Waals surface area contributed by atoms with Crippen LogP contribution in [0.4, 0.5) is 20.8 Å². The summed E-state index contributed by atoms with van der Waals surface area (Å²) < 4.78 is 20.4. The van der Waals surface area contributed by atoms with Gasteiger partial charge in [0.25, 0.3) is 0 Å². The number of anilines is 2. The van der Waals surface area contributed by atoms with Crippen molar-refractivity contribution in [2.24, 2.45) is 0 Å². The van der Waals surface area contributed by atoms with Crippen LogP contribution in [0.2, 0.25) is 0 Å². The number of Topliss-reactive ketones (excluding diaryl/α,β-unsaturated/α-hetero) is 1. The Morgan fingerprint density at radius 1 is 1.14 bits per heavy atom. The smallest absolute Gasteiger partial charge is 0.345 e. The minimum Gasteiger partial charge on any atom is -0.422 e. The van der Waals surface area contributed by atoms with E-state index in [1.807, 2.05) is 6.07 Å². The normalized spacial score (nSPS) is 16.0. The number of ketones is 1. The van der Waals surface area contributed by atoms with Crippen LogP contribution in [-0.4, -0.2) is 33.8 Å². The lowest BCUT2D eigenvalue weighted by Crippen LogP contribution is -2.31. The van der Waals surface area contributed by atoms with Crippen molar-refractivity contribution < 1.29 is 23.5 Å². The predicted octanol–water partition coefficient (Wildman–Crippen LogP) is 3.17. The Morgan fingerprint density at radius 3 is 2.57 bits per heavy atom. The van der Waals surface area contributed by atoms with Crippen molar-refractivity contribution in [3.05, 3.63) is 76.9 Å². The molecule has 1 saturated carbocycles. The lowest BCUT2D eigenvalue weighted by molar-refractivity contribution is 0.0730. The zero-order valence-electron chi connectivity index (χ0n) is 18.4. The van der Waals surface area contributed by atoms with Gasteiger partial charge in [-0.2, -0.15) is 5.26 Å². The van der Waals surface area contributed by atoms with Gasteiger partial charge in [0.1, 0.15) is 29.3 Å². The molecule has 0 radical (unpaired) electrons. The van der Waals surface area contributed by atoms with Gasteiger partial charge in [-0.3, -0.25) is 10.1 Å². The largest absolute Gasteiger partial charge is 0.422 e. The molecule has 10 nitrogen and oxygen atoms in total. The third-order valence-electron chi connectivity index (χ3n) is 5.35. The van der Waals surface area contributed by atoms with E-state index in [2.05, 4.69) is 20.6 Å². The van der Waals surface area contributed by atoms with E-state index >= 15 is 0 Å². The Bertz CT molecular complexity index is 1350. The number of benzene rings is 1. The number of nitrogens with two attached hydrogens (primary N) is 1. The fraction of sp³-hybridized carbons (Fsp3) is 0.167. The van der Waals surface area contributed by atoms with E-state index in [0.29, 0.717) is 12.0 Å². The van der Waals surface area contributed by atoms with Crippen LogP contribution in [0.5, 0.6) is 5.75 Å². The Kier molecular flexibility index (Phi) is 6.37. The molecule has 2 heterocycles. The molecule has 0 aliphatic heterocycles. The predicted molar refractivity (Wildman–Crippen MR) is 122 cm³/mol. The number of ether oxygens (including phenoxy) is 1. The van der Waals surface area contributed by atoms with Crippen molar-refractivity contribution in [2.75, 3.05) is 11.1 Å². The fourth-order valence-corrected chi connectivity index (χ4v) is 3.51. The first kappa shape index (κ1) is 23.3. The summed E-state index contributed by atoms with van der Waals surface area (Å²) >= 11 is 0. The molecule has 11 heteroatoms. The van der Waals surface area contributed by atoms with Crippen LogP contribution in [0.15, 0.2) is 48.8 Å². The SMILES string of the molecule is CC(=O)c1ccc(F)c([C@H]2C[C@H]2NC(=O)Nc2ccc(C#N)cn2)c1OC(=O)c1ccc(N)nc1. The van der Waals surface area contributed by atoms with Crippen LogP contribution in [0.1, 0.15) is 51.1 Å². The molecule has 0 unspecified atom stereocenters. The average Bonchev–Trinajstić information content (AvgIpc) is 3.57. The summed E-state index contributed by atoms with van der Waals surface area (Å²) in [5, 5.41) is 14.1. The van der Waals surface area contributed by atoms with Crippen LogP contribution >= 0.6 is 0 Å². The van der Waals surface area contributed by atoms with Crippen LogP contribution in [0, 0.1) is 17.1 Å². The summed E-state index contributed by atoms with van der Waals surface area (Å²) in [6.07, 6.45) is 2.89. The number of hydrogen-bond acceptors (Lipinski definition) is 8. The first-order chi connectivity index (χ1) is 16.8. The van der Waals surface area contributed by atoms with Crippen LogP contribution < -0.4 is 21.1 Å². The maximum Gasteiger partial charge on any atom is 0.345 e. The van der Waals surface area contributed by atoms with Crippen molar-refractivity contribution in [1.82, 2.24) is 15.3 Å². The van der Waals surface area contributed by atoms with Crippen LogP contribution in [-0.2, 0) is 0 Å². The molecule has 0 spiro atoms. The van der Waals surface area contributed by atoms with Gasteiger partial charge in [-0.25, -0.2) is 23.9 Å². The maximum absolute atomic E-state index is 14.9. The van der Waals surface area contributed by atoms with Crippen molar-refractivity contribution in [3.8, 4) is 11.8 Å². The molecule has 176 valence electrons. The monoisotopic (exact) mass is 474 g/mol. The minimum absolute atomic E-state index is 0.0243. The number of aromatic nitrogens is 2. The zero-order valence-corrected chi connectivity index (χ0v) is 18.4. The van der Waals surface area contributed by atoms with Crippen molar-refractivity contribution in [1.29, 1.82) is 5.26 Å². The van der Waals surface area contributed by atoms with E-state index in [9.17, 15) is 18.8 Å². The number of pyridine rings is 2. The van der Waals surface area contributed by atoms with Gasteiger partial charge in [0.2, 0.25) is 0 Å². The first-order valence-electron chi connectivity index (χ1n) is 10.5. The molecule has 0 saturated heterocycles. The van der Waals surface area contributed by atoms with Crippen molar-refractivity contribution >= 4 is 29.4 Å². The molecule has 35 heavy (non-hydrogen) atoms. The summed E-state index contributed by atoms with van der Waals surface area (Å²) in [6, 6.07) is 9.05. The second kappa shape index (κ2) is 9.56. The average molecular weight is 474 g/mol. The molecule has 1 aliphatic rings. The zero-order chi connectivity index (χ0) is 25.1. The number of rotatable bonds is 6. The summed E-state index contributed by atoms with van der Waals surface area (Å²) in [5.74, 6) is -2.20. The number of amides is 2. The molecule has 3 aromatic rings. The van der Waals surface area contributed by atoms with Gasteiger partial charge in [-0.15, -0.1) is 0 Å². The van der Waals surface area contributed by atoms with Gasteiger partial charge in [0.05, 0.1) is 16.7 Å². The number of nitrogen functional groups attached to an aromatic ring is 1. The Balaban J connectivity index is 1.53. The number of urea groups is 1.